The van der Waals surface area contributed by atoms with Crippen LogP contribution in [0.3, 0.4) is 0 Å². The van der Waals surface area contributed by atoms with Crippen molar-refractivity contribution in [3.05, 3.63) is 77.1 Å². The molecule has 0 atom stereocenters. The van der Waals surface area contributed by atoms with E-state index >= 15 is 0 Å². The number of nitrogens with zero attached hydrogens (tertiary/aromatic N) is 4. The Kier molecular flexibility index (Phi) is 6.98. The number of pyridine rings is 1. The van der Waals surface area contributed by atoms with Gasteiger partial charge in [-0.2, -0.15) is 0 Å². The second-order valence-electron chi connectivity index (χ2n) is 9.38. The molecule has 1 saturated heterocycles. The summed E-state index contributed by atoms with van der Waals surface area (Å²) in [5.41, 5.74) is 5.20. The van der Waals surface area contributed by atoms with Gasteiger partial charge < -0.3 is 14.0 Å². The summed E-state index contributed by atoms with van der Waals surface area (Å²) in [5, 5.41) is 0. The van der Waals surface area contributed by atoms with E-state index < -0.39 is 11.7 Å². The van der Waals surface area contributed by atoms with Crippen LogP contribution >= 0.6 is 0 Å². The number of methoxy groups -OCH3 is 1. The van der Waals surface area contributed by atoms with Crippen LogP contribution in [0.1, 0.15) is 29.7 Å². The zero-order valence-corrected chi connectivity index (χ0v) is 20.6. The Morgan fingerprint density at radius 3 is 2.44 bits per heavy atom. The summed E-state index contributed by atoms with van der Waals surface area (Å²) >= 11 is 0. The number of carbonyl (C=O) groups excluding carboxylic acids is 1. The average Bonchev–Trinajstić information content (AvgIpc) is 3.22. The van der Waals surface area contributed by atoms with Crippen LogP contribution in [-0.4, -0.2) is 65.0 Å². The molecule has 1 fully saturated rings. The van der Waals surface area contributed by atoms with Crippen LogP contribution < -0.4 is 0 Å². The zero-order chi connectivity index (χ0) is 25.2. The Morgan fingerprint density at radius 2 is 1.75 bits per heavy atom. The number of allylic oxidation sites excluding steroid dienone is 4. The Labute approximate surface area is 209 Å². The first-order valence-electron chi connectivity index (χ1n) is 12.3. The number of piperazine rings is 1. The highest BCUT2D eigenvalue weighted by atomic mass is 19.1. The lowest BCUT2D eigenvalue weighted by Gasteiger charge is -2.34. The van der Waals surface area contributed by atoms with E-state index in [-0.39, 0.29) is 24.5 Å². The molecule has 1 aliphatic carbocycles. The molecule has 8 heteroatoms. The molecular weight excluding hydrogens is 462 g/mol. The van der Waals surface area contributed by atoms with E-state index in [1.54, 1.807) is 12.3 Å². The highest BCUT2D eigenvalue weighted by Gasteiger charge is 2.25. The number of aryl methyl sites for hydroxylation is 1. The maximum absolute atomic E-state index is 14.6. The fourth-order valence-corrected chi connectivity index (χ4v) is 4.89. The second-order valence-corrected chi connectivity index (χ2v) is 9.38. The number of rotatable bonds is 6. The Morgan fingerprint density at radius 1 is 1.03 bits per heavy atom. The Balaban J connectivity index is 1.52. The molecular formula is C28H30F2N4O2. The molecule has 0 N–H and O–H groups in total. The lowest BCUT2D eigenvalue weighted by atomic mass is 9.99. The van der Waals surface area contributed by atoms with Gasteiger partial charge in [0.15, 0.2) is 0 Å². The van der Waals surface area contributed by atoms with E-state index in [1.165, 1.54) is 13.2 Å². The Bertz CT molecular complexity index is 1340. The molecule has 6 nitrogen and oxygen atoms in total. The molecule has 188 valence electrons. The van der Waals surface area contributed by atoms with Crippen LogP contribution in [0.25, 0.3) is 22.5 Å². The summed E-state index contributed by atoms with van der Waals surface area (Å²) in [6.45, 7) is 5.40. The number of imidazole rings is 1. The summed E-state index contributed by atoms with van der Waals surface area (Å²) in [6.07, 6.45) is 3.81. The summed E-state index contributed by atoms with van der Waals surface area (Å²) in [6, 6.07) is 11.8. The number of fused-ring (bicyclic) bond motifs is 1. The molecule has 5 rings (SSSR count). The number of hydrogen-bond acceptors (Lipinski definition) is 4. The third-order valence-corrected chi connectivity index (χ3v) is 6.89. The number of hydrogen-bond donors (Lipinski definition) is 0. The van der Waals surface area contributed by atoms with E-state index in [2.05, 4.69) is 29.2 Å². The topological polar surface area (TPSA) is 50.1 Å². The number of carbonyl (C=O) groups is 1. The van der Waals surface area contributed by atoms with Gasteiger partial charge in [0, 0.05) is 63.6 Å². The molecule has 0 spiro atoms. The highest BCUT2D eigenvalue weighted by Crippen LogP contribution is 2.36. The van der Waals surface area contributed by atoms with Gasteiger partial charge in [0.2, 0.25) is 5.91 Å². The largest absolute Gasteiger partial charge is 0.375 e. The third-order valence-electron chi connectivity index (χ3n) is 6.89. The molecule has 2 aliphatic rings. The van der Waals surface area contributed by atoms with Gasteiger partial charge in [-0.3, -0.25) is 9.69 Å². The molecule has 36 heavy (non-hydrogen) atoms. The first-order chi connectivity index (χ1) is 17.4. The lowest BCUT2D eigenvalue weighted by Crippen LogP contribution is -2.49. The second kappa shape index (κ2) is 10.3. The SMILES string of the molecule is COCC(=O)N1CCN(Cc2c(-c3ccc(C)cc3)nc3ccc(C4=C(F)CCC=C4F)cn23)CC1. The van der Waals surface area contributed by atoms with E-state index in [1.807, 2.05) is 22.3 Å². The number of ether oxygens (including phenoxy) is 1. The number of amides is 1. The van der Waals surface area contributed by atoms with Gasteiger partial charge in [-0.1, -0.05) is 29.8 Å². The first-order valence-corrected chi connectivity index (χ1v) is 12.3. The fourth-order valence-electron chi connectivity index (χ4n) is 4.89. The first kappa shape index (κ1) is 24.3. The normalized spacial score (nSPS) is 17.1. The molecule has 3 heterocycles. The maximum Gasteiger partial charge on any atom is 0.248 e. The van der Waals surface area contributed by atoms with Gasteiger partial charge in [-0.05, 0) is 31.6 Å². The molecule has 0 bridgehead atoms. The van der Waals surface area contributed by atoms with Crippen LogP contribution in [0.5, 0.6) is 0 Å². The van der Waals surface area contributed by atoms with Crippen molar-refractivity contribution in [2.24, 2.45) is 0 Å². The van der Waals surface area contributed by atoms with E-state index in [9.17, 15) is 13.6 Å². The summed E-state index contributed by atoms with van der Waals surface area (Å²) in [5.74, 6) is -0.947. The van der Waals surface area contributed by atoms with Crippen LogP contribution in [-0.2, 0) is 16.1 Å². The predicted octanol–water partition coefficient (Wildman–Crippen LogP) is 4.93. The number of halogens is 2. The van der Waals surface area contributed by atoms with Crippen LogP contribution in [0.15, 0.2) is 60.3 Å². The van der Waals surface area contributed by atoms with Gasteiger partial charge in [0.25, 0.3) is 0 Å². The lowest BCUT2D eigenvalue weighted by molar-refractivity contribution is -0.136. The molecule has 3 aromatic rings. The van der Waals surface area contributed by atoms with Crippen molar-refractivity contribution in [1.29, 1.82) is 0 Å². The minimum Gasteiger partial charge on any atom is -0.375 e. The molecule has 1 aliphatic heterocycles. The van der Waals surface area contributed by atoms with Gasteiger partial charge >= 0.3 is 0 Å². The van der Waals surface area contributed by atoms with Crippen LogP contribution in [0.2, 0.25) is 0 Å². The number of benzene rings is 1. The van der Waals surface area contributed by atoms with Crippen molar-refractivity contribution >= 4 is 17.1 Å². The van der Waals surface area contributed by atoms with Crippen molar-refractivity contribution < 1.29 is 18.3 Å². The van der Waals surface area contributed by atoms with Gasteiger partial charge in [-0.15, -0.1) is 0 Å². The van der Waals surface area contributed by atoms with E-state index in [4.69, 9.17) is 9.72 Å². The smallest absolute Gasteiger partial charge is 0.248 e. The van der Waals surface area contributed by atoms with E-state index in [0.29, 0.717) is 44.7 Å². The minimum atomic E-state index is -0.518. The van der Waals surface area contributed by atoms with Crippen molar-refractivity contribution in [3.8, 4) is 11.3 Å². The standard InChI is InChI=1S/C28H30F2N4O2/c1-19-6-8-20(9-7-19)28-24(17-32-12-14-33(15-13-32)26(35)18-36-2)34-16-21(10-11-25(34)31-28)27-22(29)4-3-5-23(27)30/h4,6-11,16H,3,5,12-15,17-18H2,1-2H3. The number of aromatic nitrogens is 2. The van der Waals surface area contributed by atoms with Crippen molar-refractivity contribution in [1.82, 2.24) is 19.2 Å². The predicted molar refractivity (Wildman–Crippen MR) is 136 cm³/mol. The summed E-state index contributed by atoms with van der Waals surface area (Å²) < 4.78 is 36.2. The molecule has 0 unspecified atom stereocenters. The van der Waals surface area contributed by atoms with Crippen molar-refractivity contribution in [2.45, 2.75) is 26.3 Å². The maximum atomic E-state index is 14.6. The highest BCUT2D eigenvalue weighted by molar-refractivity contribution is 5.80. The van der Waals surface area contributed by atoms with Gasteiger partial charge in [-0.25, -0.2) is 13.8 Å². The van der Waals surface area contributed by atoms with Crippen LogP contribution in [0.4, 0.5) is 8.78 Å². The summed E-state index contributed by atoms with van der Waals surface area (Å²) in [4.78, 5) is 21.2. The van der Waals surface area contributed by atoms with E-state index in [0.717, 1.165) is 28.2 Å². The van der Waals surface area contributed by atoms with Gasteiger partial charge in [0.05, 0.1) is 17.0 Å². The minimum absolute atomic E-state index is 0.00481. The summed E-state index contributed by atoms with van der Waals surface area (Å²) in [7, 11) is 1.52. The van der Waals surface area contributed by atoms with Crippen molar-refractivity contribution in [3.63, 3.8) is 0 Å². The fraction of sp³-hybridized carbons (Fsp3) is 0.357. The molecule has 0 saturated carbocycles. The zero-order valence-electron chi connectivity index (χ0n) is 20.6. The van der Waals surface area contributed by atoms with Crippen LogP contribution in [0, 0.1) is 6.92 Å². The van der Waals surface area contributed by atoms with Gasteiger partial charge in [0.1, 0.15) is 23.9 Å². The Hall–Kier alpha value is -3.36. The molecule has 2 aromatic heterocycles. The molecule has 1 amide bonds. The van der Waals surface area contributed by atoms with Crippen molar-refractivity contribution in [2.75, 3.05) is 39.9 Å². The quantitative estimate of drug-likeness (QED) is 0.490. The third kappa shape index (κ3) is 4.83. The average molecular weight is 493 g/mol. The molecule has 1 aromatic carbocycles. The monoisotopic (exact) mass is 492 g/mol. The molecule has 0 radical (unpaired) electrons.